The van der Waals surface area contributed by atoms with Crippen LogP contribution in [0.5, 0.6) is 0 Å². The van der Waals surface area contributed by atoms with E-state index in [1.54, 1.807) is 6.33 Å². The van der Waals surface area contributed by atoms with E-state index in [0.29, 0.717) is 6.04 Å². The van der Waals surface area contributed by atoms with Crippen molar-refractivity contribution in [2.75, 3.05) is 31.1 Å². The van der Waals surface area contributed by atoms with Gasteiger partial charge in [0.05, 0.1) is 11.6 Å². The second kappa shape index (κ2) is 8.10. The summed E-state index contributed by atoms with van der Waals surface area (Å²) >= 11 is 3.54. The number of nitrogens with zero attached hydrogens (tertiary/aromatic N) is 4. The van der Waals surface area contributed by atoms with Crippen LogP contribution in [0.3, 0.4) is 0 Å². The molecule has 2 fully saturated rings. The average molecular weight is 432 g/mol. The van der Waals surface area contributed by atoms with Crippen LogP contribution in [0.4, 0.5) is 5.82 Å². The molecule has 2 heterocycles. The summed E-state index contributed by atoms with van der Waals surface area (Å²) in [6.07, 6.45) is 6.36. The second-order valence-electron chi connectivity index (χ2n) is 7.55. The Hall–Kier alpha value is -1.73. The minimum atomic E-state index is -0.0796. The molecule has 2 aliphatic rings. The number of hydrogen-bond acceptors (Lipinski definition) is 5. The van der Waals surface area contributed by atoms with Gasteiger partial charge >= 0.3 is 0 Å². The normalized spacial score (nSPS) is 20.1. The fourth-order valence-corrected chi connectivity index (χ4v) is 4.51. The lowest BCUT2D eigenvalue weighted by Gasteiger charge is -2.38. The zero-order valence-electron chi connectivity index (χ0n) is 15.7. The van der Waals surface area contributed by atoms with Crippen molar-refractivity contribution in [1.29, 1.82) is 0 Å². The van der Waals surface area contributed by atoms with Gasteiger partial charge in [0.1, 0.15) is 12.1 Å². The van der Waals surface area contributed by atoms with Crippen molar-refractivity contribution in [3.05, 3.63) is 29.0 Å². The van der Waals surface area contributed by atoms with Gasteiger partial charge in [-0.15, -0.1) is 0 Å². The molecule has 2 aromatic rings. The van der Waals surface area contributed by atoms with Gasteiger partial charge < -0.3 is 10.2 Å². The second-order valence-corrected chi connectivity index (χ2v) is 8.46. The number of fused-ring (bicyclic) bond motifs is 1. The van der Waals surface area contributed by atoms with Crippen LogP contribution in [0.15, 0.2) is 29.0 Å². The van der Waals surface area contributed by atoms with Crippen LogP contribution in [0.1, 0.15) is 32.6 Å². The number of carbonyl (C=O) groups is 1. The Balaban J connectivity index is 1.40. The van der Waals surface area contributed by atoms with Gasteiger partial charge in [-0.2, -0.15) is 0 Å². The van der Waals surface area contributed by atoms with Gasteiger partial charge in [-0.3, -0.25) is 9.69 Å². The molecule has 6 nitrogen and oxygen atoms in total. The molecule has 1 saturated carbocycles. The molecule has 7 heteroatoms. The summed E-state index contributed by atoms with van der Waals surface area (Å²) in [6.45, 7) is 5.47. The Labute approximate surface area is 168 Å². The first-order chi connectivity index (χ1) is 13.1. The molecule has 1 atom stereocenters. The third kappa shape index (κ3) is 4.09. The van der Waals surface area contributed by atoms with E-state index < -0.39 is 0 Å². The van der Waals surface area contributed by atoms with Crippen molar-refractivity contribution in [3.63, 3.8) is 0 Å². The molecule has 1 aliphatic heterocycles. The lowest BCUT2D eigenvalue weighted by molar-refractivity contribution is -0.126. The van der Waals surface area contributed by atoms with Crippen molar-refractivity contribution in [2.24, 2.45) is 0 Å². The molecule has 27 heavy (non-hydrogen) atoms. The molecule has 1 aromatic carbocycles. The Bertz CT molecular complexity index is 815. The zero-order valence-corrected chi connectivity index (χ0v) is 17.3. The van der Waals surface area contributed by atoms with E-state index in [-0.39, 0.29) is 11.9 Å². The van der Waals surface area contributed by atoms with Gasteiger partial charge in [-0.1, -0.05) is 28.8 Å². The first-order valence-corrected chi connectivity index (χ1v) is 10.6. The van der Waals surface area contributed by atoms with Gasteiger partial charge in [-0.25, -0.2) is 9.97 Å². The molecule has 0 radical (unpaired) electrons. The minimum absolute atomic E-state index is 0.0796. The Morgan fingerprint density at radius 2 is 1.93 bits per heavy atom. The maximum atomic E-state index is 12.6. The third-order valence-corrected chi connectivity index (χ3v) is 6.31. The van der Waals surface area contributed by atoms with Gasteiger partial charge in [0.15, 0.2) is 0 Å². The van der Waals surface area contributed by atoms with Gasteiger partial charge in [-0.05, 0) is 38.0 Å². The maximum absolute atomic E-state index is 12.6. The Kier molecular flexibility index (Phi) is 5.59. The summed E-state index contributed by atoms with van der Waals surface area (Å²) in [5.41, 5.74) is 0.954. The van der Waals surface area contributed by atoms with Gasteiger partial charge in [0, 0.05) is 42.1 Å². The maximum Gasteiger partial charge on any atom is 0.237 e. The Morgan fingerprint density at radius 3 is 2.67 bits per heavy atom. The molecular formula is C20H26BrN5O. The van der Waals surface area contributed by atoms with Crippen LogP contribution >= 0.6 is 15.9 Å². The molecule has 144 valence electrons. The first kappa shape index (κ1) is 18.6. The number of amides is 1. The van der Waals surface area contributed by atoms with Crippen LogP contribution < -0.4 is 10.2 Å². The molecule has 0 spiro atoms. The van der Waals surface area contributed by atoms with E-state index in [9.17, 15) is 4.79 Å². The topological polar surface area (TPSA) is 61.4 Å². The van der Waals surface area contributed by atoms with Crippen LogP contribution in [-0.2, 0) is 4.79 Å². The number of anilines is 1. The largest absolute Gasteiger partial charge is 0.353 e. The van der Waals surface area contributed by atoms with E-state index in [2.05, 4.69) is 47.1 Å². The van der Waals surface area contributed by atoms with E-state index >= 15 is 0 Å². The lowest BCUT2D eigenvalue weighted by atomic mass is 10.1. The summed E-state index contributed by atoms with van der Waals surface area (Å²) in [6, 6.07) is 6.39. The molecular weight excluding hydrogens is 406 g/mol. The molecule has 1 aromatic heterocycles. The molecule has 0 bridgehead atoms. The Morgan fingerprint density at radius 1 is 1.19 bits per heavy atom. The van der Waals surface area contributed by atoms with Crippen molar-refractivity contribution in [3.8, 4) is 0 Å². The molecule has 1 unspecified atom stereocenters. The quantitative estimate of drug-likeness (QED) is 0.805. The molecule has 1 saturated heterocycles. The van der Waals surface area contributed by atoms with Gasteiger partial charge in [0.2, 0.25) is 5.91 Å². The standard InChI is InChI=1S/C20H26BrN5O/c1-14(20(27)24-16-4-2-3-5-16)25-8-10-26(11-9-25)19-17-12-15(21)6-7-18(17)22-13-23-19/h6-7,12-14,16H,2-5,8-11H2,1H3,(H,24,27). The minimum Gasteiger partial charge on any atom is -0.353 e. The SMILES string of the molecule is CC(C(=O)NC1CCCC1)N1CCN(c2ncnc3ccc(Br)cc23)CC1. The number of rotatable bonds is 4. The lowest BCUT2D eigenvalue weighted by Crippen LogP contribution is -2.55. The number of halogens is 1. The van der Waals surface area contributed by atoms with Crippen molar-refractivity contribution in [1.82, 2.24) is 20.2 Å². The molecule has 1 aliphatic carbocycles. The highest BCUT2D eigenvalue weighted by atomic mass is 79.9. The monoisotopic (exact) mass is 431 g/mol. The number of aromatic nitrogens is 2. The zero-order chi connectivity index (χ0) is 18.8. The smallest absolute Gasteiger partial charge is 0.237 e. The van der Waals surface area contributed by atoms with Crippen LogP contribution in [0.25, 0.3) is 10.9 Å². The van der Waals surface area contributed by atoms with E-state index in [4.69, 9.17) is 0 Å². The fourth-order valence-electron chi connectivity index (χ4n) is 4.15. The third-order valence-electron chi connectivity index (χ3n) is 5.82. The predicted octanol–water partition coefficient (Wildman–Crippen LogP) is 2.96. The summed E-state index contributed by atoms with van der Waals surface area (Å²) in [5, 5.41) is 4.29. The van der Waals surface area contributed by atoms with Gasteiger partial charge in [0.25, 0.3) is 0 Å². The van der Waals surface area contributed by atoms with Crippen LogP contribution in [0, 0.1) is 0 Å². The van der Waals surface area contributed by atoms with E-state index in [1.807, 2.05) is 19.1 Å². The summed E-state index contributed by atoms with van der Waals surface area (Å²) in [7, 11) is 0. The van der Waals surface area contributed by atoms with Crippen LogP contribution in [-0.4, -0.2) is 59.0 Å². The highest BCUT2D eigenvalue weighted by molar-refractivity contribution is 9.10. The molecule has 4 rings (SSSR count). The highest BCUT2D eigenvalue weighted by Gasteiger charge is 2.28. The first-order valence-electron chi connectivity index (χ1n) is 9.81. The number of benzene rings is 1. The molecule has 1 amide bonds. The van der Waals surface area contributed by atoms with Crippen molar-refractivity contribution in [2.45, 2.75) is 44.7 Å². The van der Waals surface area contributed by atoms with Crippen LogP contribution in [0.2, 0.25) is 0 Å². The average Bonchev–Trinajstić information content (AvgIpc) is 3.20. The van der Waals surface area contributed by atoms with Crippen molar-refractivity contribution < 1.29 is 4.79 Å². The number of hydrogen-bond donors (Lipinski definition) is 1. The summed E-state index contributed by atoms with van der Waals surface area (Å²) < 4.78 is 1.03. The fraction of sp³-hybridized carbons (Fsp3) is 0.550. The van der Waals surface area contributed by atoms with Crippen molar-refractivity contribution >= 4 is 38.6 Å². The number of carbonyl (C=O) groups excluding carboxylic acids is 1. The highest BCUT2D eigenvalue weighted by Crippen LogP contribution is 2.27. The molecule has 1 N–H and O–H groups in total. The number of piperazine rings is 1. The summed E-state index contributed by atoms with van der Waals surface area (Å²) in [5.74, 6) is 1.15. The predicted molar refractivity (Wildman–Crippen MR) is 111 cm³/mol. The van der Waals surface area contributed by atoms with E-state index in [1.165, 1.54) is 12.8 Å². The number of nitrogens with one attached hydrogen (secondary N) is 1. The van der Waals surface area contributed by atoms with E-state index in [0.717, 1.165) is 60.2 Å². The summed E-state index contributed by atoms with van der Waals surface area (Å²) in [4.78, 5) is 26.1.